The van der Waals surface area contributed by atoms with Gasteiger partial charge in [-0.3, -0.25) is 0 Å². The fraction of sp³-hybridized carbons (Fsp3) is 0.538. The molecule has 0 spiro atoms. The van der Waals surface area contributed by atoms with Gasteiger partial charge in [0.1, 0.15) is 0 Å². The van der Waals surface area contributed by atoms with Crippen LogP contribution < -0.4 is 14.2 Å². The Bertz CT molecular complexity index is 542. The minimum absolute atomic E-state index is 0.0249. The third-order valence-corrected chi connectivity index (χ3v) is 4.34. The Morgan fingerprint density at radius 1 is 1.20 bits per heavy atom. The van der Waals surface area contributed by atoms with Crippen molar-refractivity contribution in [1.29, 1.82) is 0 Å². The molecule has 1 aromatic rings. The average Bonchev–Trinajstić information content (AvgIpc) is 2.43. The maximum Gasteiger partial charge on any atom is 0.240 e. The normalized spacial score (nSPS) is 13.3. The zero-order valence-corrected chi connectivity index (χ0v) is 12.9. The molecule has 20 heavy (non-hydrogen) atoms. The molecule has 0 saturated heterocycles. The van der Waals surface area contributed by atoms with Gasteiger partial charge in [-0.2, -0.15) is 0 Å². The van der Waals surface area contributed by atoms with Crippen LogP contribution in [-0.2, 0) is 10.0 Å². The molecule has 2 N–H and O–H groups in total. The lowest BCUT2D eigenvalue weighted by Crippen LogP contribution is -2.34. The summed E-state index contributed by atoms with van der Waals surface area (Å²) in [7, 11) is -0.782. The van der Waals surface area contributed by atoms with E-state index in [4.69, 9.17) is 9.47 Å². The Morgan fingerprint density at radius 3 is 2.30 bits per heavy atom. The van der Waals surface area contributed by atoms with Crippen molar-refractivity contribution in [3.05, 3.63) is 18.2 Å². The molecule has 1 unspecified atom stereocenters. The van der Waals surface area contributed by atoms with Crippen LogP contribution in [0.5, 0.6) is 11.5 Å². The van der Waals surface area contributed by atoms with E-state index in [0.717, 1.165) is 0 Å². The fourth-order valence-corrected chi connectivity index (χ4v) is 2.56. The van der Waals surface area contributed by atoms with E-state index in [1.54, 1.807) is 0 Å². The van der Waals surface area contributed by atoms with Crippen LogP contribution in [0.15, 0.2) is 23.1 Å². The van der Waals surface area contributed by atoms with E-state index < -0.39 is 16.1 Å². The molecule has 0 bridgehead atoms. The summed E-state index contributed by atoms with van der Waals surface area (Å²) in [6.07, 6.45) is -0.732. The summed E-state index contributed by atoms with van der Waals surface area (Å²) >= 11 is 0. The quantitative estimate of drug-likeness (QED) is 0.785. The van der Waals surface area contributed by atoms with Crippen LogP contribution in [0.3, 0.4) is 0 Å². The molecule has 0 saturated carbocycles. The highest BCUT2D eigenvalue weighted by molar-refractivity contribution is 7.89. The van der Waals surface area contributed by atoms with Gasteiger partial charge in [-0.1, -0.05) is 13.8 Å². The molecule has 0 amide bonds. The number of aliphatic hydroxyl groups is 1. The molecule has 0 aromatic heterocycles. The first-order chi connectivity index (χ1) is 9.31. The number of methoxy groups -OCH3 is 2. The maximum absolute atomic E-state index is 12.1. The van der Waals surface area contributed by atoms with Gasteiger partial charge < -0.3 is 14.6 Å². The van der Waals surface area contributed by atoms with Gasteiger partial charge >= 0.3 is 0 Å². The molecular weight excluding hydrogens is 282 g/mol. The topological polar surface area (TPSA) is 84.9 Å². The summed E-state index contributed by atoms with van der Waals surface area (Å²) < 4.78 is 36.7. The van der Waals surface area contributed by atoms with Gasteiger partial charge in [0.2, 0.25) is 10.0 Å². The average molecular weight is 303 g/mol. The summed E-state index contributed by atoms with van der Waals surface area (Å²) in [6.45, 7) is 3.60. The maximum atomic E-state index is 12.1. The predicted molar refractivity (Wildman–Crippen MR) is 75.6 cm³/mol. The minimum atomic E-state index is -3.69. The van der Waals surface area contributed by atoms with Gasteiger partial charge in [0, 0.05) is 12.6 Å². The molecule has 114 valence electrons. The number of nitrogens with one attached hydrogen (secondary N) is 1. The standard InChI is InChI=1S/C13H21NO5S/c1-9(2)11(15)8-14-20(16,17)10-5-6-12(18-3)13(7-10)19-4/h5-7,9,11,14-15H,8H2,1-4H3. The van der Waals surface area contributed by atoms with E-state index in [0.29, 0.717) is 11.5 Å². The minimum Gasteiger partial charge on any atom is -0.493 e. The van der Waals surface area contributed by atoms with Crippen LogP contribution in [0.1, 0.15) is 13.8 Å². The second kappa shape index (κ2) is 6.92. The second-order valence-electron chi connectivity index (χ2n) is 4.68. The van der Waals surface area contributed by atoms with Crippen LogP contribution in [0.25, 0.3) is 0 Å². The SMILES string of the molecule is COc1ccc(S(=O)(=O)NCC(O)C(C)C)cc1OC. The highest BCUT2D eigenvalue weighted by atomic mass is 32.2. The van der Waals surface area contributed by atoms with Crippen molar-refractivity contribution >= 4 is 10.0 Å². The summed E-state index contributed by atoms with van der Waals surface area (Å²) in [6, 6.07) is 4.32. The highest BCUT2D eigenvalue weighted by Gasteiger charge is 2.19. The molecule has 0 aliphatic heterocycles. The van der Waals surface area contributed by atoms with Crippen molar-refractivity contribution in [3.63, 3.8) is 0 Å². The van der Waals surface area contributed by atoms with Crippen molar-refractivity contribution in [2.45, 2.75) is 24.8 Å². The number of sulfonamides is 1. The van der Waals surface area contributed by atoms with Crippen molar-refractivity contribution < 1.29 is 23.0 Å². The summed E-state index contributed by atoms with van der Waals surface area (Å²) in [5.74, 6) is 0.761. The summed E-state index contributed by atoms with van der Waals surface area (Å²) in [4.78, 5) is 0.0612. The van der Waals surface area contributed by atoms with Crippen molar-refractivity contribution in [2.24, 2.45) is 5.92 Å². The second-order valence-corrected chi connectivity index (χ2v) is 6.45. The number of hydrogen-bond acceptors (Lipinski definition) is 5. The van der Waals surface area contributed by atoms with Crippen molar-refractivity contribution in [2.75, 3.05) is 20.8 Å². The van der Waals surface area contributed by atoms with Gasteiger partial charge in [0.05, 0.1) is 25.2 Å². The van der Waals surface area contributed by atoms with Crippen LogP contribution in [0, 0.1) is 5.92 Å². The first-order valence-corrected chi connectivity index (χ1v) is 7.70. The van der Waals surface area contributed by atoms with Crippen LogP contribution >= 0.6 is 0 Å². The Morgan fingerprint density at radius 2 is 1.80 bits per heavy atom. The zero-order chi connectivity index (χ0) is 15.3. The third-order valence-electron chi connectivity index (χ3n) is 2.92. The van der Waals surface area contributed by atoms with E-state index >= 15 is 0 Å². The van der Waals surface area contributed by atoms with Crippen LogP contribution in [-0.4, -0.2) is 40.4 Å². The van der Waals surface area contributed by atoms with Gasteiger partial charge in [-0.15, -0.1) is 0 Å². The van der Waals surface area contributed by atoms with Crippen molar-refractivity contribution in [1.82, 2.24) is 4.72 Å². The summed E-state index contributed by atoms with van der Waals surface area (Å²) in [5, 5.41) is 9.65. The lowest BCUT2D eigenvalue weighted by Gasteiger charge is -2.16. The Hall–Kier alpha value is -1.31. The zero-order valence-electron chi connectivity index (χ0n) is 12.1. The number of hydrogen-bond donors (Lipinski definition) is 2. The Labute approximate surface area is 119 Å². The Balaban J connectivity index is 2.93. The highest BCUT2D eigenvalue weighted by Crippen LogP contribution is 2.29. The molecule has 0 aliphatic rings. The molecule has 7 heteroatoms. The number of benzene rings is 1. The van der Waals surface area contributed by atoms with Crippen molar-refractivity contribution in [3.8, 4) is 11.5 Å². The molecule has 6 nitrogen and oxygen atoms in total. The summed E-state index contributed by atoms with van der Waals surface area (Å²) in [5.41, 5.74) is 0. The molecule has 0 fully saturated rings. The van der Waals surface area contributed by atoms with E-state index in [-0.39, 0.29) is 17.4 Å². The third kappa shape index (κ3) is 4.09. The first-order valence-electron chi connectivity index (χ1n) is 6.21. The molecular formula is C13H21NO5S. The molecule has 1 atom stereocenters. The monoisotopic (exact) mass is 303 g/mol. The van der Waals surface area contributed by atoms with Gasteiger partial charge in [-0.25, -0.2) is 13.1 Å². The van der Waals surface area contributed by atoms with Gasteiger partial charge in [-0.05, 0) is 18.1 Å². The number of ether oxygens (including phenoxy) is 2. The lowest BCUT2D eigenvalue weighted by molar-refractivity contribution is 0.129. The lowest BCUT2D eigenvalue weighted by atomic mass is 10.1. The molecule has 0 heterocycles. The predicted octanol–water partition coefficient (Wildman–Crippen LogP) is 0.999. The van der Waals surface area contributed by atoms with E-state index in [1.807, 2.05) is 13.8 Å². The smallest absolute Gasteiger partial charge is 0.240 e. The number of aliphatic hydroxyl groups excluding tert-OH is 1. The van der Waals surface area contributed by atoms with Crippen LogP contribution in [0.2, 0.25) is 0 Å². The molecule has 0 aliphatic carbocycles. The van der Waals surface area contributed by atoms with Crippen LogP contribution in [0.4, 0.5) is 0 Å². The first kappa shape index (κ1) is 16.7. The molecule has 1 rings (SSSR count). The number of rotatable bonds is 7. The van der Waals surface area contributed by atoms with Gasteiger partial charge in [0.25, 0.3) is 0 Å². The molecule has 0 radical (unpaired) electrons. The van der Waals surface area contributed by atoms with E-state index in [1.165, 1.54) is 32.4 Å². The Kier molecular flexibility index (Phi) is 5.79. The fourth-order valence-electron chi connectivity index (χ4n) is 1.50. The molecule has 1 aromatic carbocycles. The largest absolute Gasteiger partial charge is 0.493 e. The van der Waals surface area contributed by atoms with E-state index in [9.17, 15) is 13.5 Å². The van der Waals surface area contributed by atoms with E-state index in [2.05, 4.69) is 4.72 Å². The van der Waals surface area contributed by atoms with Gasteiger partial charge in [0.15, 0.2) is 11.5 Å².